The fourth-order valence-corrected chi connectivity index (χ4v) is 3.03. The molecule has 0 unspecified atom stereocenters. The predicted octanol–water partition coefficient (Wildman–Crippen LogP) is 4.12. The molecule has 7 nitrogen and oxygen atoms in total. The minimum absolute atomic E-state index is 0.102. The molecule has 0 aromatic carbocycles. The second-order valence-corrected chi connectivity index (χ2v) is 8.18. The van der Waals surface area contributed by atoms with Gasteiger partial charge in [0, 0.05) is 38.2 Å². The smallest absolute Gasteiger partial charge is 0.419 e. The molecule has 3 heterocycles. The highest BCUT2D eigenvalue weighted by molar-refractivity contribution is 5.68. The molecule has 1 aliphatic heterocycles. The number of piperidine rings is 1. The van der Waals surface area contributed by atoms with Crippen molar-refractivity contribution >= 4 is 6.09 Å². The minimum atomic E-state index is -4.43. The van der Waals surface area contributed by atoms with Crippen molar-refractivity contribution in [1.29, 1.82) is 0 Å². The molecular formula is C20H25F3N4O3. The van der Waals surface area contributed by atoms with E-state index in [1.807, 2.05) is 20.8 Å². The number of carbonyl (C=O) groups excluding carboxylic acids is 1. The number of aromatic nitrogens is 3. The molecular weight excluding hydrogens is 401 g/mol. The van der Waals surface area contributed by atoms with Crippen LogP contribution in [0.1, 0.15) is 44.9 Å². The Bertz CT molecular complexity index is 869. The van der Waals surface area contributed by atoms with Gasteiger partial charge in [0.25, 0.3) is 0 Å². The van der Waals surface area contributed by atoms with Crippen molar-refractivity contribution < 1.29 is 27.4 Å². The third-order valence-corrected chi connectivity index (χ3v) is 4.45. The Hall–Kier alpha value is -2.78. The summed E-state index contributed by atoms with van der Waals surface area (Å²) in [5.41, 5.74) is -0.799. The van der Waals surface area contributed by atoms with Crippen LogP contribution in [0.15, 0.2) is 30.6 Å². The lowest BCUT2D eigenvalue weighted by Crippen LogP contribution is -2.44. The molecule has 0 saturated carbocycles. The van der Waals surface area contributed by atoms with Crippen molar-refractivity contribution in [2.75, 3.05) is 13.1 Å². The zero-order valence-electron chi connectivity index (χ0n) is 17.1. The summed E-state index contributed by atoms with van der Waals surface area (Å²) >= 11 is 0. The number of pyridine rings is 1. The molecule has 1 amide bonds. The molecule has 0 N–H and O–H groups in total. The Morgan fingerprint density at radius 1 is 1.20 bits per heavy atom. The van der Waals surface area contributed by atoms with Gasteiger partial charge in [-0.25, -0.2) is 9.78 Å². The molecule has 0 radical (unpaired) electrons. The van der Waals surface area contributed by atoms with Gasteiger partial charge in [-0.3, -0.25) is 4.68 Å². The zero-order chi connectivity index (χ0) is 21.9. The standard InChI is InChI=1S/C20H25F3N4O3/c1-19(2,3)30-18(28)26-9-7-16(8-10-26)29-17-6-4-5-15(25-17)13-27-12-14(11-24-27)20(21,22)23/h4-6,11-12,16H,7-10,13H2,1-3H3. The summed E-state index contributed by atoms with van der Waals surface area (Å²) < 4.78 is 50.6. The van der Waals surface area contributed by atoms with Crippen LogP contribution in [0.5, 0.6) is 5.88 Å². The fourth-order valence-electron chi connectivity index (χ4n) is 3.03. The van der Waals surface area contributed by atoms with Gasteiger partial charge in [-0.2, -0.15) is 18.3 Å². The van der Waals surface area contributed by atoms with Gasteiger partial charge >= 0.3 is 12.3 Å². The van der Waals surface area contributed by atoms with Gasteiger partial charge < -0.3 is 14.4 Å². The van der Waals surface area contributed by atoms with E-state index in [2.05, 4.69) is 10.1 Å². The Labute approximate surface area is 172 Å². The predicted molar refractivity (Wildman–Crippen MR) is 102 cm³/mol. The molecule has 164 valence electrons. The first-order valence-electron chi connectivity index (χ1n) is 9.70. The van der Waals surface area contributed by atoms with Crippen LogP contribution in [0, 0.1) is 0 Å². The number of nitrogens with zero attached hydrogens (tertiary/aromatic N) is 4. The topological polar surface area (TPSA) is 69.5 Å². The maximum absolute atomic E-state index is 12.7. The third kappa shape index (κ3) is 6.11. The Balaban J connectivity index is 1.54. The molecule has 30 heavy (non-hydrogen) atoms. The summed E-state index contributed by atoms with van der Waals surface area (Å²) in [7, 11) is 0. The summed E-state index contributed by atoms with van der Waals surface area (Å²) in [6.45, 7) is 6.62. The van der Waals surface area contributed by atoms with Crippen molar-refractivity contribution in [3.63, 3.8) is 0 Å². The molecule has 0 aliphatic carbocycles. The Kier molecular flexibility index (Phi) is 6.23. The monoisotopic (exact) mass is 426 g/mol. The number of alkyl halides is 3. The molecule has 2 aromatic heterocycles. The van der Waals surface area contributed by atoms with E-state index in [1.165, 1.54) is 4.68 Å². The van der Waals surface area contributed by atoms with Gasteiger partial charge in [0.2, 0.25) is 5.88 Å². The second kappa shape index (κ2) is 8.53. The summed E-state index contributed by atoms with van der Waals surface area (Å²) in [5.74, 6) is 0.395. The van der Waals surface area contributed by atoms with E-state index in [0.717, 1.165) is 12.4 Å². The average molecular weight is 426 g/mol. The maximum atomic E-state index is 12.7. The Morgan fingerprint density at radius 2 is 1.90 bits per heavy atom. The number of carbonyl (C=O) groups is 1. The van der Waals surface area contributed by atoms with Gasteiger partial charge in [0.05, 0.1) is 24.0 Å². The van der Waals surface area contributed by atoms with E-state index < -0.39 is 17.3 Å². The third-order valence-electron chi connectivity index (χ3n) is 4.45. The normalized spacial score (nSPS) is 15.9. The van der Waals surface area contributed by atoms with Crippen LogP contribution in [0.4, 0.5) is 18.0 Å². The molecule has 1 saturated heterocycles. The first-order chi connectivity index (χ1) is 14.0. The van der Waals surface area contributed by atoms with Gasteiger partial charge in [-0.1, -0.05) is 6.07 Å². The largest absolute Gasteiger partial charge is 0.474 e. The van der Waals surface area contributed by atoms with Gasteiger partial charge in [-0.15, -0.1) is 0 Å². The zero-order valence-corrected chi connectivity index (χ0v) is 17.1. The van der Waals surface area contributed by atoms with Crippen LogP contribution in [-0.2, 0) is 17.5 Å². The highest BCUT2D eigenvalue weighted by atomic mass is 19.4. The van der Waals surface area contributed by atoms with Crippen LogP contribution in [-0.4, -0.2) is 50.6 Å². The number of likely N-dealkylation sites (tertiary alicyclic amines) is 1. The quantitative estimate of drug-likeness (QED) is 0.736. The molecule has 2 aromatic rings. The number of halogens is 3. The number of rotatable bonds is 4. The molecule has 1 fully saturated rings. The number of ether oxygens (including phenoxy) is 2. The van der Waals surface area contributed by atoms with Crippen LogP contribution in [0.25, 0.3) is 0 Å². The van der Waals surface area contributed by atoms with Crippen molar-refractivity contribution in [3.8, 4) is 5.88 Å². The first-order valence-corrected chi connectivity index (χ1v) is 9.70. The van der Waals surface area contributed by atoms with E-state index in [9.17, 15) is 18.0 Å². The molecule has 1 aliphatic rings. The van der Waals surface area contributed by atoms with Gasteiger partial charge in [-0.05, 0) is 26.8 Å². The van der Waals surface area contributed by atoms with E-state index in [4.69, 9.17) is 9.47 Å². The SMILES string of the molecule is CC(C)(C)OC(=O)N1CCC(Oc2cccc(Cn3cc(C(F)(F)F)cn3)n2)CC1. The minimum Gasteiger partial charge on any atom is -0.474 e. The summed E-state index contributed by atoms with van der Waals surface area (Å²) in [5, 5.41) is 3.74. The summed E-state index contributed by atoms with van der Waals surface area (Å²) in [4.78, 5) is 18.2. The molecule has 0 spiro atoms. The summed E-state index contributed by atoms with van der Waals surface area (Å²) in [6.07, 6.45) is -1.85. The second-order valence-electron chi connectivity index (χ2n) is 8.18. The van der Waals surface area contributed by atoms with Crippen LogP contribution < -0.4 is 4.74 Å². The van der Waals surface area contributed by atoms with Crippen molar-refractivity contribution in [1.82, 2.24) is 19.7 Å². The molecule has 0 bridgehead atoms. The van der Waals surface area contributed by atoms with Crippen LogP contribution in [0.2, 0.25) is 0 Å². The average Bonchev–Trinajstić information content (AvgIpc) is 3.10. The highest BCUT2D eigenvalue weighted by Crippen LogP contribution is 2.28. The van der Waals surface area contributed by atoms with Crippen molar-refractivity contribution in [2.24, 2.45) is 0 Å². The lowest BCUT2D eigenvalue weighted by Gasteiger charge is -2.33. The van der Waals surface area contributed by atoms with Crippen LogP contribution >= 0.6 is 0 Å². The fraction of sp³-hybridized carbons (Fsp3) is 0.550. The highest BCUT2D eigenvalue weighted by Gasteiger charge is 2.32. The number of hydrogen-bond acceptors (Lipinski definition) is 5. The molecule has 0 atom stereocenters. The van der Waals surface area contributed by atoms with E-state index in [-0.39, 0.29) is 18.7 Å². The van der Waals surface area contributed by atoms with E-state index in [1.54, 1.807) is 23.1 Å². The van der Waals surface area contributed by atoms with E-state index in [0.29, 0.717) is 37.5 Å². The number of amides is 1. The maximum Gasteiger partial charge on any atom is 0.419 e. The molecule has 3 rings (SSSR count). The van der Waals surface area contributed by atoms with E-state index >= 15 is 0 Å². The Morgan fingerprint density at radius 3 is 2.50 bits per heavy atom. The number of hydrogen-bond donors (Lipinski definition) is 0. The van der Waals surface area contributed by atoms with Crippen molar-refractivity contribution in [2.45, 2.75) is 58.0 Å². The van der Waals surface area contributed by atoms with Gasteiger partial charge in [0.15, 0.2) is 0 Å². The molecule has 10 heteroatoms. The summed E-state index contributed by atoms with van der Waals surface area (Å²) in [6, 6.07) is 5.14. The lowest BCUT2D eigenvalue weighted by molar-refractivity contribution is -0.137. The first kappa shape index (κ1) is 21.9. The van der Waals surface area contributed by atoms with Gasteiger partial charge in [0.1, 0.15) is 11.7 Å². The van der Waals surface area contributed by atoms with Crippen LogP contribution in [0.3, 0.4) is 0 Å². The lowest BCUT2D eigenvalue weighted by atomic mass is 10.1. The van der Waals surface area contributed by atoms with Crippen molar-refractivity contribution in [3.05, 3.63) is 41.9 Å².